The van der Waals surface area contributed by atoms with Crippen LogP contribution in [-0.2, 0) is 6.42 Å². The minimum absolute atomic E-state index is 0.0636. The summed E-state index contributed by atoms with van der Waals surface area (Å²) < 4.78 is 0. The summed E-state index contributed by atoms with van der Waals surface area (Å²) in [6.45, 7) is 4.20. The Morgan fingerprint density at radius 1 is 1.43 bits per heavy atom. The third-order valence-corrected chi connectivity index (χ3v) is 2.34. The largest absolute Gasteiger partial charge is 0.324 e. The SMILES string of the molecule is CC(C)[C@@H](N)c1cccc(CC#N)c1. The van der Waals surface area contributed by atoms with Gasteiger partial charge in [0.1, 0.15) is 0 Å². The van der Waals surface area contributed by atoms with Gasteiger partial charge < -0.3 is 5.73 Å². The molecule has 74 valence electrons. The molecule has 2 N–H and O–H groups in total. The van der Waals surface area contributed by atoms with Crippen LogP contribution < -0.4 is 5.73 Å². The molecule has 0 bridgehead atoms. The molecule has 0 saturated carbocycles. The molecule has 14 heavy (non-hydrogen) atoms. The Balaban J connectivity index is 2.89. The molecule has 0 spiro atoms. The number of benzene rings is 1. The maximum Gasteiger partial charge on any atom is 0.0669 e. The molecule has 0 fully saturated rings. The molecule has 1 atom stereocenters. The molecule has 0 amide bonds. The summed E-state index contributed by atoms with van der Waals surface area (Å²) in [5.41, 5.74) is 8.18. The minimum atomic E-state index is 0.0636. The van der Waals surface area contributed by atoms with Crippen molar-refractivity contribution in [3.8, 4) is 6.07 Å². The van der Waals surface area contributed by atoms with Gasteiger partial charge in [0.05, 0.1) is 12.5 Å². The van der Waals surface area contributed by atoms with Crippen molar-refractivity contribution in [2.75, 3.05) is 0 Å². The number of hydrogen-bond donors (Lipinski definition) is 1. The van der Waals surface area contributed by atoms with Crippen LogP contribution in [0, 0.1) is 17.2 Å². The molecule has 1 aromatic rings. The Morgan fingerprint density at radius 3 is 2.71 bits per heavy atom. The highest BCUT2D eigenvalue weighted by Crippen LogP contribution is 2.19. The van der Waals surface area contributed by atoms with E-state index in [0.29, 0.717) is 12.3 Å². The third kappa shape index (κ3) is 2.58. The summed E-state index contributed by atoms with van der Waals surface area (Å²) in [6, 6.07) is 10.2. The highest BCUT2D eigenvalue weighted by atomic mass is 14.6. The zero-order valence-corrected chi connectivity index (χ0v) is 8.70. The highest BCUT2D eigenvalue weighted by molar-refractivity contribution is 5.27. The molecule has 0 heterocycles. The van der Waals surface area contributed by atoms with Crippen molar-refractivity contribution < 1.29 is 0 Å². The number of hydrogen-bond acceptors (Lipinski definition) is 2. The van der Waals surface area contributed by atoms with Crippen molar-refractivity contribution in [2.24, 2.45) is 11.7 Å². The second kappa shape index (κ2) is 4.78. The molecule has 0 saturated heterocycles. The Morgan fingerprint density at radius 2 is 2.14 bits per heavy atom. The van der Waals surface area contributed by atoms with E-state index in [1.54, 1.807) is 0 Å². The van der Waals surface area contributed by atoms with Crippen molar-refractivity contribution in [3.05, 3.63) is 35.4 Å². The lowest BCUT2D eigenvalue weighted by Crippen LogP contribution is -2.16. The lowest BCUT2D eigenvalue weighted by Gasteiger charge is -2.16. The van der Waals surface area contributed by atoms with Gasteiger partial charge >= 0.3 is 0 Å². The van der Waals surface area contributed by atoms with Crippen molar-refractivity contribution in [1.29, 1.82) is 5.26 Å². The van der Waals surface area contributed by atoms with Gasteiger partial charge in [-0.1, -0.05) is 38.1 Å². The van der Waals surface area contributed by atoms with Gasteiger partial charge in [-0.3, -0.25) is 0 Å². The lowest BCUT2D eigenvalue weighted by atomic mass is 9.95. The van der Waals surface area contributed by atoms with E-state index in [9.17, 15) is 0 Å². The average molecular weight is 188 g/mol. The zero-order valence-electron chi connectivity index (χ0n) is 8.70. The molecule has 0 aliphatic heterocycles. The topological polar surface area (TPSA) is 49.8 Å². The fraction of sp³-hybridized carbons (Fsp3) is 0.417. The molecule has 1 rings (SSSR count). The summed E-state index contributed by atoms with van der Waals surface area (Å²) in [5.74, 6) is 0.423. The minimum Gasteiger partial charge on any atom is -0.324 e. The van der Waals surface area contributed by atoms with Crippen LogP contribution in [0.1, 0.15) is 31.0 Å². The first-order chi connectivity index (χ1) is 6.65. The number of rotatable bonds is 3. The molecule has 2 heteroatoms. The van der Waals surface area contributed by atoms with Gasteiger partial charge in [-0.25, -0.2) is 0 Å². The second-order valence-electron chi connectivity index (χ2n) is 3.85. The predicted molar refractivity (Wildman–Crippen MR) is 57.5 cm³/mol. The molecular weight excluding hydrogens is 172 g/mol. The Kier molecular flexibility index (Phi) is 3.67. The van der Waals surface area contributed by atoms with Gasteiger partial charge in [-0.15, -0.1) is 0 Å². The molecule has 1 aromatic carbocycles. The zero-order chi connectivity index (χ0) is 10.6. The predicted octanol–water partition coefficient (Wildman–Crippen LogP) is 2.41. The monoisotopic (exact) mass is 188 g/mol. The van der Waals surface area contributed by atoms with Crippen LogP contribution in [0.25, 0.3) is 0 Å². The van der Waals surface area contributed by atoms with Gasteiger partial charge in [0.25, 0.3) is 0 Å². The van der Waals surface area contributed by atoms with E-state index >= 15 is 0 Å². The van der Waals surface area contributed by atoms with Gasteiger partial charge in [-0.2, -0.15) is 5.26 Å². The van der Waals surface area contributed by atoms with Crippen LogP contribution >= 0.6 is 0 Å². The van der Waals surface area contributed by atoms with Crippen LogP contribution in [0.4, 0.5) is 0 Å². The van der Waals surface area contributed by atoms with Crippen molar-refractivity contribution in [3.63, 3.8) is 0 Å². The van der Waals surface area contributed by atoms with E-state index in [-0.39, 0.29) is 6.04 Å². The molecule has 0 unspecified atom stereocenters. The summed E-state index contributed by atoms with van der Waals surface area (Å²) in [5, 5.41) is 8.58. The second-order valence-corrected chi connectivity index (χ2v) is 3.85. The Labute approximate surface area is 85.4 Å². The number of nitrogens with two attached hydrogens (primary N) is 1. The third-order valence-electron chi connectivity index (χ3n) is 2.34. The standard InChI is InChI=1S/C12H16N2/c1-9(2)12(14)11-5-3-4-10(8-11)6-7-13/h3-5,8-9,12H,6,14H2,1-2H3/t12-/m1/s1. The first kappa shape index (κ1) is 10.7. The van der Waals surface area contributed by atoms with Crippen LogP contribution in [0.3, 0.4) is 0 Å². The van der Waals surface area contributed by atoms with Crippen LogP contribution in [0.2, 0.25) is 0 Å². The molecule has 0 aliphatic rings. The summed E-state index contributed by atoms with van der Waals surface area (Å²) in [7, 11) is 0. The summed E-state index contributed by atoms with van der Waals surface area (Å²) in [6.07, 6.45) is 0.457. The van der Waals surface area contributed by atoms with E-state index in [2.05, 4.69) is 19.9 Å². The van der Waals surface area contributed by atoms with Gasteiger partial charge in [-0.05, 0) is 17.0 Å². The van der Waals surface area contributed by atoms with Crippen LogP contribution in [0.5, 0.6) is 0 Å². The fourth-order valence-electron chi connectivity index (χ4n) is 1.39. The smallest absolute Gasteiger partial charge is 0.0669 e. The first-order valence-electron chi connectivity index (χ1n) is 4.86. The van der Waals surface area contributed by atoms with Gasteiger partial charge in [0.15, 0.2) is 0 Å². The molecule has 0 radical (unpaired) electrons. The number of nitrogens with zero attached hydrogens (tertiary/aromatic N) is 1. The van der Waals surface area contributed by atoms with E-state index in [1.807, 2.05) is 24.3 Å². The summed E-state index contributed by atoms with van der Waals surface area (Å²) in [4.78, 5) is 0. The van der Waals surface area contributed by atoms with Gasteiger partial charge in [0.2, 0.25) is 0 Å². The summed E-state index contributed by atoms with van der Waals surface area (Å²) >= 11 is 0. The van der Waals surface area contributed by atoms with E-state index in [0.717, 1.165) is 11.1 Å². The van der Waals surface area contributed by atoms with E-state index in [1.165, 1.54) is 0 Å². The maximum absolute atomic E-state index is 8.58. The maximum atomic E-state index is 8.58. The quantitative estimate of drug-likeness (QED) is 0.791. The molecule has 0 aromatic heterocycles. The average Bonchev–Trinajstić information content (AvgIpc) is 2.17. The fourth-order valence-corrected chi connectivity index (χ4v) is 1.39. The number of nitriles is 1. The van der Waals surface area contributed by atoms with Gasteiger partial charge in [0, 0.05) is 6.04 Å². The Bertz CT molecular complexity index is 336. The van der Waals surface area contributed by atoms with E-state index < -0.39 is 0 Å². The highest BCUT2D eigenvalue weighted by Gasteiger charge is 2.10. The van der Waals surface area contributed by atoms with E-state index in [4.69, 9.17) is 11.0 Å². The molecular formula is C12H16N2. The van der Waals surface area contributed by atoms with Crippen LogP contribution in [0.15, 0.2) is 24.3 Å². The first-order valence-corrected chi connectivity index (χ1v) is 4.86. The molecule has 0 aliphatic carbocycles. The Hall–Kier alpha value is -1.33. The van der Waals surface area contributed by atoms with Crippen molar-refractivity contribution in [2.45, 2.75) is 26.3 Å². The lowest BCUT2D eigenvalue weighted by molar-refractivity contribution is 0.514. The molecule has 2 nitrogen and oxygen atoms in total. The van der Waals surface area contributed by atoms with Crippen molar-refractivity contribution in [1.82, 2.24) is 0 Å². The van der Waals surface area contributed by atoms with Crippen molar-refractivity contribution >= 4 is 0 Å². The van der Waals surface area contributed by atoms with Crippen LogP contribution in [-0.4, -0.2) is 0 Å². The normalized spacial score (nSPS) is 12.5.